The van der Waals surface area contributed by atoms with E-state index in [-0.39, 0.29) is 24.0 Å². The summed E-state index contributed by atoms with van der Waals surface area (Å²) in [5, 5.41) is 17.5. The lowest BCUT2D eigenvalue weighted by Gasteiger charge is -2.32. The maximum atomic E-state index is 9.83. The summed E-state index contributed by atoms with van der Waals surface area (Å²) >= 11 is 0. The van der Waals surface area contributed by atoms with Crippen molar-refractivity contribution in [1.82, 2.24) is 10.2 Å². The molecule has 7 nitrogen and oxygen atoms in total. The minimum absolute atomic E-state index is 0.00866. The van der Waals surface area contributed by atoms with Gasteiger partial charge in [0.25, 0.3) is 5.69 Å². The lowest BCUT2D eigenvalue weighted by Crippen LogP contribution is -2.35. The minimum Gasteiger partial charge on any atom is -0.482 e. The summed E-state index contributed by atoms with van der Waals surface area (Å²) in [6.07, 6.45) is 1.58. The lowest BCUT2D eigenvalue weighted by molar-refractivity contribution is -0.910. The van der Waals surface area contributed by atoms with E-state index in [1.807, 2.05) is 36.4 Å². The first-order chi connectivity index (χ1) is 15.3. The van der Waals surface area contributed by atoms with E-state index in [2.05, 4.69) is 55.2 Å². The van der Waals surface area contributed by atoms with Crippen molar-refractivity contribution >= 4 is 6.01 Å². The van der Waals surface area contributed by atoms with Crippen molar-refractivity contribution in [2.75, 3.05) is 5.73 Å². The molecule has 1 atom stereocenters. The van der Waals surface area contributed by atoms with Gasteiger partial charge < -0.3 is 14.9 Å². The highest BCUT2D eigenvalue weighted by Gasteiger charge is 2.28. The largest absolute Gasteiger partial charge is 0.482 e. The molecule has 0 saturated heterocycles. The highest BCUT2D eigenvalue weighted by Crippen LogP contribution is 2.41. The number of hydrogen-bond donors (Lipinski definition) is 2. The van der Waals surface area contributed by atoms with Gasteiger partial charge in [0, 0.05) is 28.3 Å². The third kappa shape index (κ3) is 4.72. The molecule has 0 radical (unpaired) electrons. The fourth-order valence-electron chi connectivity index (χ4n) is 3.86. The Balaban J connectivity index is 1.54. The van der Waals surface area contributed by atoms with Gasteiger partial charge in [-0.2, -0.15) is 0 Å². The topological polar surface area (TPSA) is 98.3 Å². The summed E-state index contributed by atoms with van der Waals surface area (Å²) in [4.78, 5) is 0. The lowest BCUT2D eigenvalue weighted by atomic mass is 9.72. The van der Waals surface area contributed by atoms with Crippen LogP contribution >= 0.6 is 0 Å². The van der Waals surface area contributed by atoms with Gasteiger partial charge in [0.1, 0.15) is 5.75 Å². The molecule has 0 aliphatic carbocycles. The summed E-state index contributed by atoms with van der Waals surface area (Å²) < 4.78 is 12.2. The molecule has 0 fully saturated rings. The first-order valence-electron chi connectivity index (χ1n) is 10.4. The molecule has 3 N–H and O–H groups in total. The normalized spacial score (nSPS) is 12.5. The molecule has 0 spiro atoms. The highest BCUT2D eigenvalue weighted by molar-refractivity contribution is 5.54. The van der Waals surface area contributed by atoms with Crippen LogP contribution in [0.25, 0.3) is 11.5 Å². The number of benzene rings is 2. The van der Waals surface area contributed by atoms with Crippen molar-refractivity contribution in [3.8, 4) is 17.2 Å². The van der Waals surface area contributed by atoms with Crippen molar-refractivity contribution in [1.29, 1.82) is 0 Å². The van der Waals surface area contributed by atoms with Gasteiger partial charge >= 0.3 is 6.01 Å². The van der Waals surface area contributed by atoms with Crippen LogP contribution in [-0.2, 0) is 6.61 Å². The number of pyridine rings is 1. The maximum absolute atomic E-state index is 9.83. The van der Waals surface area contributed by atoms with Crippen LogP contribution in [0.4, 0.5) is 6.01 Å². The molecular formula is C25H27N4O3+. The van der Waals surface area contributed by atoms with Crippen molar-refractivity contribution < 1.29 is 19.1 Å². The van der Waals surface area contributed by atoms with Crippen LogP contribution in [0.2, 0.25) is 0 Å². The molecule has 7 heteroatoms. The highest BCUT2D eigenvalue weighted by atomic mass is 16.5. The van der Waals surface area contributed by atoms with Gasteiger partial charge in [-0.15, -0.1) is 5.10 Å². The average molecular weight is 432 g/mol. The molecule has 0 bridgehead atoms. The number of ether oxygens (including phenoxy) is 1. The Labute approximate surface area is 187 Å². The zero-order valence-corrected chi connectivity index (χ0v) is 18.4. The monoisotopic (exact) mass is 431 g/mol. The van der Waals surface area contributed by atoms with Crippen molar-refractivity contribution in [2.45, 2.75) is 33.3 Å². The number of nitrogens with zero attached hydrogens (tertiary/aromatic N) is 3. The summed E-state index contributed by atoms with van der Waals surface area (Å²) in [6, 6.07) is 21.7. The van der Waals surface area contributed by atoms with Crippen LogP contribution in [-0.4, -0.2) is 15.4 Å². The Bertz CT molecular complexity index is 1180. The summed E-state index contributed by atoms with van der Waals surface area (Å²) in [7, 11) is 0. The second kappa shape index (κ2) is 8.70. The number of nitrogen functional groups attached to an aromatic ring is 1. The van der Waals surface area contributed by atoms with Crippen molar-refractivity contribution in [3.63, 3.8) is 0 Å². The molecule has 0 amide bonds. The Morgan fingerprint density at radius 1 is 0.969 bits per heavy atom. The van der Waals surface area contributed by atoms with E-state index in [4.69, 9.17) is 14.9 Å². The summed E-state index contributed by atoms with van der Waals surface area (Å²) in [6.45, 7) is 6.96. The van der Waals surface area contributed by atoms with Crippen molar-refractivity contribution in [3.05, 3.63) is 89.7 Å². The number of anilines is 1. The number of aromatic nitrogens is 3. The smallest absolute Gasteiger partial charge is 0.313 e. The molecule has 4 rings (SSSR count). The number of rotatable bonds is 6. The molecule has 164 valence electrons. The number of nitrogens with two attached hydrogens (primary N) is 1. The summed E-state index contributed by atoms with van der Waals surface area (Å²) in [5.74, 6) is 1.33. The second-order valence-electron chi connectivity index (χ2n) is 8.76. The molecule has 4 aromatic rings. The van der Waals surface area contributed by atoms with Crippen LogP contribution in [0.15, 0.2) is 77.3 Å². The zero-order chi connectivity index (χ0) is 22.7. The molecule has 0 aliphatic heterocycles. The van der Waals surface area contributed by atoms with Gasteiger partial charge in [-0.1, -0.05) is 50.1 Å². The number of hydrogen-bond acceptors (Lipinski definition) is 6. The van der Waals surface area contributed by atoms with E-state index in [0.717, 1.165) is 16.0 Å². The van der Waals surface area contributed by atoms with Crippen LogP contribution in [0.3, 0.4) is 0 Å². The SMILES string of the molecule is CC(C)(C)C(c1ccc(OCc2cccc[n+]2O)cc1)c1ccc(-c2nnc(N)o2)cc1. The fourth-order valence-corrected chi connectivity index (χ4v) is 3.86. The standard InChI is InChI=1S/C25H27N4O3/c1-25(2,3)22(17-7-9-19(10-8-17)23-27-28-24(26)32-23)18-11-13-21(14-12-18)31-16-20-6-4-5-15-29(20)30/h4-15,22,30H,16H2,1-3H3,(H2,26,28)/q+1. The predicted octanol–water partition coefficient (Wildman–Crippen LogP) is 4.60. The Kier molecular flexibility index (Phi) is 5.81. The fraction of sp³-hybridized carbons (Fsp3) is 0.240. The zero-order valence-electron chi connectivity index (χ0n) is 18.4. The Hall–Kier alpha value is -3.87. The third-order valence-electron chi connectivity index (χ3n) is 5.32. The molecule has 1 unspecified atom stereocenters. The van der Waals surface area contributed by atoms with Crippen LogP contribution in [0, 0.1) is 5.41 Å². The van der Waals surface area contributed by atoms with E-state index in [1.165, 1.54) is 11.1 Å². The van der Waals surface area contributed by atoms with Gasteiger partial charge in [0.05, 0.1) is 0 Å². The molecular weight excluding hydrogens is 404 g/mol. The third-order valence-corrected chi connectivity index (χ3v) is 5.32. The van der Waals surface area contributed by atoms with Crippen molar-refractivity contribution in [2.24, 2.45) is 5.41 Å². The van der Waals surface area contributed by atoms with E-state index in [1.54, 1.807) is 12.3 Å². The van der Waals surface area contributed by atoms with Gasteiger partial charge in [-0.05, 0) is 46.9 Å². The molecule has 2 aromatic carbocycles. The van der Waals surface area contributed by atoms with E-state index in [0.29, 0.717) is 11.6 Å². The van der Waals surface area contributed by atoms with Gasteiger partial charge in [-0.3, -0.25) is 5.21 Å². The molecule has 2 aromatic heterocycles. The van der Waals surface area contributed by atoms with E-state index < -0.39 is 0 Å². The van der Waals surface area contributed by atoms with Crippen LogP contribution < -0.4 is 15.2 Å². The maximum Gasteiger partial charge on any atom is 0.313 e. The minimum atomic E-state index is -0.00866. The van der Waals surface area contributed by atoms with Gasteiger partial charge in [-0.25, -0.2) is 0 Å². The predicted molar refractivity (Wildman–Crippen MR) is 120 cm³/mol. The van der Waals surface area contributed by atoms with Crippen LogP contribution in [0.5, 0.6) is 5.75 Å². The molecule has 32 heavy (non-hydrogen) atoms. The Morgan fingerprint density at radius 2 is 1.62 bits per heavy atom. The molecule has 2 heterocycles. The quantitative estimate of drug-likeness (QED) is 0.342. The van der Waals surface area contributed by atoms with Gasteiger partial charge in [0.2, 0.25) is 12.1 Å². The van der Waals surface area contributed by atoms with E-state index in [9.17, 15) is 5.21 Å². The first-order valence-corrected chi connectivity index (χ1v) is 10.4. The van der Waals surface area contributed by atoms with Gasteiger partial charge in [0.15, 0.2) is 6.61 Å². The molecule has 0 aliphatic rings. The summed E-state index contributed by atoms with van der Waals surface area (Å²) in [5.41, 5.74) is 9.41. The average Bonchev–Trinajstić information content (AvgIpc) is 3.20. The van der Waals surface area contributed by atoms with Crippen LogP contribution in [0.1, 0.15) is 43.5 Å². The molecule has 0 saturated carbocycles. The second-order valence-corrected chi connectivity index (χ2v) is 8.76. The van der Waals surface area contributed by atoms with E-state index >= 15 is 0 Å². The Morgan fingerprint density at radius 3 is 2.19 bits per heavy atom. The first kappa shape index (κ1) is 21.4.